The van der Waals surface area contributed by atoms with Gasteiger partial charge in [-0.05, 0) is 75.0 Å². The molecule has 2 aromatic carbocycles. The average Bonchev–Trinajstić information content (AvgIpc) is 3.33. The summed E-state index contributed by atoms with van der Waals surface area (Å²) in [4.78, 5) is 8.76. The zero-order valence-corrected chi connectivity index (χ0v) is 19.2. The van der Waals surface area contributed by atoms with E-state index in [2.05, 4.69) is 14.8 Å². The van der Waals surface area contributed by atoms with Gasteiger partial charge in [0.15, 0.2) is 0 Å². The first-order valence-electron chi connectivity index (χ1n) is 11.5. The van der Waals surface area contributed by atoms with E-state index in [1.54, 1.807) is 12.1 Å². The van der Waals surface area contributed by atoms with Crippen molar-refractivity contribution in [2.24, 2.45) is 5.92 Å². The van der Waals surface area contributed by atoms with Crippen LogP contribution >= 0.6 is 0 Å². The Morgan fingerprint density at radius 2 is 1.64 bits per heavy atom. The molecule has 0 N–H and O–H groups in total. The number of piperidine rings is 1. The minimum atomic E-state index is -3.97. The summed E-state index contributed by atoms with van der Waals surface area (Å²) in [5.74, 6) is -0.419. The van der Waals surface area contributed by atoms with Gasteiger partial charge in [-0.15, -0.1) is 0 Å². The van der Waals surface area contributed by atoms with E-state index in [0.29, 0.717) is 30.1 Å². The summed E-state index contributed by atoms with van der Waals surface area (Å²) in [6.45, 7) is 4.80. The van der Waals surface area contributed by atoms with Crippen molar-refractivity contribution >= 4 is 26.4 Å². The number of hydrogen-bond acceptors (Lipinski definition) is 5. The molecular formula is C25H27F2N3O2S. The van der Waals surface area contributed by atoms with Gasteiger partial charge in [-0.1, -0.05) is 12.1 Å². The van der Waals surface area contributed by atoms with Crippen molar-refractivity contribution in [2.75, 3.05) is 37.6 Å². The van der Waals surface area contributed by atoms with Gasteiger partial charge in [-0.3, -0.25) is 4.98 Å². The molecule has 2 saturated heterocycles. The van der Waals surface area contributed by atoms with Gasteiger partial charge < -0.3 is 9.80 Å². The number of sulfone groups is 1. The molecule has 0 radical (unpaired) electrons. The molecule has 5 nitrogen and oxygen atoms in total. The SMILES string of the molecule is O=S(=O)(c1ccc(F)cc1)c1cnc2c(F)cccc2c1N1CCC(CN2CCCC2)CC1. The van der Waals surface area contributed by atoms with Crippen LogP contribution < -0.4 is 4.90 Å². The molecule has 0 unspecified atom stereocenters. The fourth-order valence-electron chi connectivity index (χ4n) is 5.09. The van der Waals surface area contributed by atoms with Gasteiger partial charge in [0.25, 0.3) is 0 Å². The summed E-state index contributed by atoms with van der Waals surface area (Å²) in [5.41, 5.74) is 0.646. The van der Waals surface area contributed by atoms with Crippen LogP contribution in [0.1, 0.15) is 25.7 Å². The number of aromatic nitrogens is 1. The van der Waals surface area contributed by atoms with Crippen LogP contribution in [0.4, 0.5) is 14.5 Å². The Morgan fingerprint density at radius 3 is 2.33 bits per heavy atom. The van der Waals surface area contributed by atoms with Crippen molar-refractivity contribution in [3.8, 4) is 0 Å². The molecule has 8 heteroatoms. The Morgan fingerprint density at radius 1 is 0.939 bits per heavy atom. The van der Waals surface area contributed by atoms with E-state index in [-0.39, 0.29) is 15.3 Å². The van der Waals surface area contributed by atoms with Crippen molar-refractivity contribution in [3.05, 3.63) is 60.3 Å². The van der Waals surface area contributed by atoms with Crippen molar-refractivity contribution in [3.63, 3.8) is 0 Å². The van der Waals surface area contributed by atoms with Crippen molar-refractivity contribution in [2.45, 2.75) is 35.5 Å². The smallest absolute Gasteiger partial charge is 0.210 e. The number of benzene rings is 2. The second-order valence-corrected chi connectivity index (χ2v) is 10.9. The summed E-state index contributed by atoms with van der Waals surface area (Å²) in [7, 11) is -3.97. The zero-order chi connectivity index (χ0) is 23.0. The minimum Gasteiger partial charge on any atom is -0.370 e. The summed E-state index contributed by atoms with van der Waals surface area (Å²) in [6, 6.07) is 9.40. The highest BCUT2D eigenvalue weighted by Crippen LogP contribution is 2.38. The van der Waals surface area contributed by atoms with Crippen molar-refractivity contribution in [1.29, 1.82) is 0 Å². The number of pyridine rings is 1. The average molecular weight is 472 g/mol. The molecule has 0 saturated carbocycles. The number of likely N-dealkylation sites (tertiary alicyclic amines) is 1. The molecule has 3 heterocycles. The molecule has 0 atom stereocenters. The maximum Gasteiger partial charge on any atom is 0.210 e. The van der Waals surface area contributed by atoms with Gasteiger partial charge in [-0.2, -0.15) is 0 Å². The maximum absolute atomic E-state index is 14.5. The van der Waals surface area contributed by atoms with Crippen LogP contribution in [0.15, 0.2) is 58.5 Å². The van der Waals surface area contributed by atoms with Gasteiger partial charge in [0.05, 0.1) is 10.6 Å². The number of para-hydroxylation sites is 1. The third-order valence-electron chi connectivity index (χ3n) is 6.85. The van der Waals surface area contributed by atoms with Gasteiger partial charge in [0, 0.05) is 31.2 Å². The quantitative estimate of drug-likeness (QED) is 0.507. The highest BCUT2D eigenvalue weighted by atomic mass is 32.2. The number of hydrogen-bond donors (Lipinski definition) is 0. The molecule has 0 spiro atoms. The number of fused-ring (bicyclic) bond motifs is 1. The summed E-state index contributed by atoms with van der Waals surface area (Å²) in [5, 5.41) is 0.483. The molecule has 33 heavy (non-hydrogen) atoms. The van der Waals surface area contributed by atoms with Crippen molar-refractivity contribution < 1.29 is 17.2 Å². The molecule has 0 bridgehead atoms. The van der Waals surface area contributed by atoms with E-state index in [1.807, 2.05) is 0 Å². The van der Waals surface area contributed by atoms with E-state index < -0.39 is 21.5 Å². The van der Waals surface area contributed by atoms with E-state index in [1.165, 1.54) is 37.2 Å². The fourth-order valence-corrected chi connectivity index (χ4v) is 6.52. The van der Waals surface area contributed by atoms with Crippen LogP contribution in [0.5, 0.6) is 0 Å². The van der Waals surface area contributed by atoms with Crippen LogP contribution in [0.25, 0.3) is 10.9 Å². The Kier molecular flexibility index (Phi) is 6.05. The minimum absolute atomic E-state index is 0.00776. The Hall–Kier alpha value is -2.58. The topological polar surface area (TPSA) is 53.5 Å². The zero-order valence-electron chi connectivity index (χ0n) is 18.4. The highest BCUT2D eigenvalue weighted by molar-refractivity contribution is 7.91. The van der Waals surface area contributed by atoms with Gasteiger partial charge in [0.1, 0.15) is 22.0 Å². The molecule has 3 aromatic rings. The van der Waals surface area contributed by atoms with E-state index in [9.17, 15) is 17.2 Å². The summed E-state index contributed by atoms with van der Waals surface area (Å²) in [6.07, 6.45) is 5.67. The van der Waals surface area contributed by atoms with Crippen LogP contribution in [0.3, 0.4) is 0 Å². The highest BCUT2D eigenvalue weighted by Gasteiger charge is 2.30. The molecule has 2 aliphatic rings. The lowest BCUT2D eigenvalue weighted by atomic mass is 9.95. The summed E-state index contributed by atoms with van der Waals surface area (Å²) >= 11 is 0. The third-order valence-corrected chi connectivity index (χ3v) is 8.62. The number of rotatable bonds is 5. The number of nitrogens with zero attached hydrogens (tertiary/aromatic N) is 3. The van der Waals surface area contributed by atoms with E-state index in [0.717, 1.165) is 44.6 Å². The number of halogens is 2. The normalized spacial score (nSPS) is 18.3. The molecular weight excluding hydrogens is 444 g/mol. The largest absolute Gasteiger partial charge is 0.370 e. The molecule has 2 aliphatic heterocycles. The molecule has 1 aromatic heterocycles. The molecule has 0 aliphatic carbocycles. The summed E-state index contributed by atoms with van der Waals surface area (Å²) < 4.78 is 55.0. The van der Waals surface area contributed by atoms with Crippen LogP contribution in [0, 0.1) is 17.6 Å². The maximum atomic E-state index is 14.5. The third kappa shape index (κ3) is 4.34. The predicted octanol–water partition coefficient (Wildman–Crippen LogP) is 4.66. The Bertz CT molecular complexity index is 1250. The van der Waals surface area contributed by atoms with E-state index in [4.69, 9.17) is 0 Å². The predicted molar refractivity (Wildman–Crippen MR) is 124 cm³/mol. The van der Waals surface area contributed by atoms with Crippen LogP contribution in [0.2, 0.25) is 0 Å². The molecule has 5 rings (SSSR count). The molecule has 174 valence electrons. The Labute approximate surface area is 193 Å². The Balaban J connectivity index is 1.52. The first-order chi connectivity index (χ1) is 15.9. The first kappa shape index (κ1) is 22.2. The lowest BCUT2D eigenvalue weighted by molar-refractivity contribution is 0.249. The van der Waals surface area contributed by atoms with Crippen LogP contribution in [-0.2, 0) is 9.84 Å². The number of anilines is 1. The van der Waals surface area contributed by atoms with E-state index >= 15 is 0 Å². The standard InChI is InChI=1S/C25H27F2N3O2S/c26-19-6-8-20(9-7-19)33(31,32)23-16-28-24-21(4-3-5-22(24)27)25(23)30-14-10-18(11-15-30)17-29-12-1-2-13-29/h3-9,16,18H,1-2,10-15,17H2. The molecule has 2 fully saturated rings. The lowest BCUT2D eigenvalue weighted by Crippen LogP contribution is -2.38. The van der Waals surface area contributed by atoms with Crippen LogP contribution in [-0.4, -0.2) is 51.0 Å². The molecule has 0 amide bonds. The monoisotopic (exact) mass is 471 g/mol. The van der Waals surface area contributed by atoms with Gasteiger partial charge in [0.2, 0.25) is 9.84 Å². The van der Waals surface area contributed by atoms with Crippen molar-refractivity contribution in [1.82, 2.24) is 9.88 Å². The van der Waals surface area contributed by atoms with Gasteiger partial charge >= 0.3 is 0 Å². The fraction of sp³-hybridized carbons (Fsp3) is 0.400. The van der Waals surface area contributed by atoms with Gasteiger partial charge in [-0.25, -0.2) is 17.2 Å². The second-order valence-electron chi connectivity index (χ2n) is 9.00. The second kappa shape index (κ2) is 8.99. The first-order valence-corrected chi connectivity index (χ1v) is 13.0. The lowest BCUT2D eigenvalue weighted by Gasteiger charge is -2.36.